The first kappa shape index (κ1) is 123. The summed E-state index contributed by atoms with van der Waals surface area (Å²) in [6.45, 7) is 78.4. The largest absolute Gasteiger partial charge is 0.481 e. The number of aldehydes is 1. The Balaban J connectivity index is 1.52. The predicted molar refractivity (Wildman–Crippen MR) is 595 cm³/mol. The van der Waals surface area contributed by atoms with Crippen molar-refractivity contribution >= 4 is 116 Å². The number of hydrogen-bond donors (Lipinski definition) is 1. The number of benzene rings is 1. The molecule has 16 unspecified atom stereocenters. The van der Waals surface area contributed by atoms with Gasteiger partial charge in [-0.1, -0.05) is 300 Å². The van der Waals surface area contributed by atoms with Crippen molar-refractivity contribution in [3.05, 3.63) is 47.5 Å². The molecule has 7 aliphatic rings. The van der Waals surface area contributed by atoms with Crippen molar-refractivity contribution in [2.24, 2.45) is 44.3 Å². The number of aliphatic carboxylic acids is 1. The van der Waals surface area contributed by atoms with Crippen LogP contribution in [0.1, 0.15) is 292 Å². The number of alkyl halides is 1. The number of fused-ring (bicyclic) bond motifs is 5. The number of esters is 1. The maximum atomic E-state index is 16.9. The second-order valence-electron chi connectivity index (χ2n) is 45.6. The quantitative estimate of drug-likeness (QED) is 0.0122. The van der Waals surface area contributed by atoms with E-state index in [-0.39, 0.29) is 46.4 Å². The number of carboxylic acids is 1. The van der Waals surface area contributed by atoms with E-state index >= 15 is 9.59 Å². The molecule has 1 N–H and O–H groups in total. The lowest BCUT2D eigenvalue weighted by atomic mass is 9.35. The summed E-state index contributed by atoms with van der Waals surface area (Å²) < 4.78 is 130. The summed E-state index contributed by atoms with van der Waals surface area (Å²) in [5.41, 5.74) is -1.64. The molecule has 6 fully saturated rings. The van der Waals surface area contributed by atoms with Gasteiger partial charge >= 0.3 is 11.9 Å². The molecular formula is C108H205IO20Si9. The van der Waals surface area contributed by atoms with E-state index < -0.39 is 207 Å². The third kappa shape index (κ3) is 25.3. The Bertz CT molecular complexity index is 3800. The Morgan fingerprint density at radius 1 is 0.449 bits per heavy atom. The highest BCUT2D eigenvalue weighted by Gasteiger charge is 2.73. The van der Waals surface area contributed by atoms with E-state index in [2.05, 4.69) is 264 Å². The van der Waals surface area contributed by atoms with Gasteiger partial charge in [-0.05, 0) is 254 Å². The number of hydrogen-bond acceptors (Lipinski definition) is 19. The Morgan fingerprint density at radius 2 is 0.855 bits per heavy atom. The van der Waals surface area contributed by atoms with Gasteiger partial charge in [0.1, 0.15) is 73.2 Å². The first-order chi connectivity index (χ1) is 65.4. The zero-order chi connectivity index (χ0) is 103. The van der Waals surface area contributed by atoms with Crippen molar-refractivity contribution < 1.29 is 92.5 Å². The Hall–Kier alpha value is -0.348. The van der Waals surface area contributed by atoms with Crippen molar-refractivity contribution in [1.82, 2.24) is 0 Å². The third-order valence-electron chi connectivity index (χ3n) is 39.9. The van der Waals surface area contributed by atoms with Gasteiger partial charge in [-0.2, -0.15) is 0 Å². The van der Waals surface area contributed by atoms with E-state index in [0.717, 1.165) is 170 Å². The molecule has 0 radical (unpaired) electrons. The third-order valence-corrected chi connectivity index (χ3v) is 83.5. The highest BCUT2D eigenvalue weighted by Crippen LogP contribution is 2.75. The highest BCUT2D eigenvalue weighted by atomic mass is 127. The number of halogens is 1. The first-order valence-corrected chi connectivity index (χ1v) is 80.6. The minimum absolute atomic E-state index is 0.0586. The second-order valence-corrected chi connectivity index (χ2v) is 89.4. The Kier molecular flexibility index (Phi) is 46.4. The predicted octanol–water partition coefficient (Wildman–Crippen LogP) is 29.3. The standard InChI is InChI=1S/C108H205IO20Si9/c1-35-130(36-2,37-3)116-78-82-88(124-133(44-10,45-11)46-12)91(126-135(50-16,51-17)52-18)96(129-138(59-25,60-26)61-27)101(117-82)121-94-90(119-99-95(128-137(56-22,57-23)58-24)89(125-134(47-13,48-14)49-15)83(77-115-99)122-131(38-4,39-5)40-6)92(127-136(53-19,54-20)55-21)93(98(111)114-76-80-65-63-62-64-66-80)120-100(94)118-86-70-71-104(31)84(105(86,32)79-110)69-72-106(33)85(104)68-67-81-97(109)108(102(112)113,74-73-103(28,29)30)87(75-107(81,106)34)123-132(41-7,42-8)43-9/h62-67,79,82-97,99-101H,35-61,68-78H2,1-34H3,(H,112,113)/t82?,83-,84?,85?,86+,87?,88+,89?,90?,91?,92+,93?,94?,95?,96?,97?,99+,100-,101+,104?,105?,106?,107?,108+/m1/s1. The van der Waals surface area contributed by atoms with Crippen molar-refractivity contribution in [2.75, 3.05) is 13.2 Å². The zero-order valence-electron chi connectivity index (χ0n) is 94.0. The van der Waals surface area contributed by atoms with E-state index in [0.29, 0.717) is 50.2 Å². The Morgan fingerprint density at radius 3 is 1.30 bits per heavy atom. The molecule has 3 aliphatic heterocycles. The molecule has 1 aromatic rings. The maximum Gasteiger partial charge on any atom is 0.338 e. The number of carbonyl (C=O) groups excluding carboxylic acids is 2. The summed E-state index contributed by atoms with van der Waals surface area (Å²) in [5.74, 6) is -1.55. The fourth-order valence-electron chi connectivity index (χ4n) is 27.0. The number of carboxylic acid groups (broad SMARTS) is 1. The van der Waals surface area contributed by atoms with Gasteiger partial charge in [0.25, 0.3) is 0 Å². The van der Waals surface area contributed by atoms with Gasteiger partial charge in [0.05, 0.1) is 40.9 Å². The van der Waals surface area contributed by atoms with Crippen LogP contribution in [0.15, 0.2) is 42.0 Å². The van der Waals surface area contributed by atoms with Crippen molar-refractivity contribution in [3.63, 3.8) is 0 Å². The first-order valence-electron chi connectivity index (χ1n) is 56.6. The fraction of sp³-hybridized carbons (Fsp3) is 0.898. The van der Waals surface area contributed by atoms with Gasteiger partial charge in [0.15, 0.2) is 99.8 Å². The summed E-state index contributed by atoms with van der Waals surface area (Å²) in [6, 6.07) is 33.0. The number of carbonyl (C=O) groups is 3. The SMILES string of the molecule is CC[Si](CC)(CC)OCC1O[C@@H](OC2C(O[C@@H]3OC[C@@H](O[Si](CC)(CC)CC)C(O[Si](CC)(CC)CC)C3O[Si](CC)(CC)CC)[C@H](O[Si](CC)(CC)CC)C(C(=O)OCc3ccccc3)O[C@H]2O[C@H]2CCC3(C)C(CCC4(C)C3CC=C3C(I)[C@@](CCC(C)(C)C)(C(=O)O)C(O[Si](CC)(CC)CC)CC34C)C2(C)C=O)C(O[Si](CC)(CC)CC)C(O[Si](CC)(CC)CC)[C@H]1O[Si](CC)(CC)CC. The summed E-state index contributed by atoms with van der Waals surface area (Å²) >= 11 is 2.58. The molecule has 20 nitrogen and oxygen atoms in total. The smallest absolute Gasteiger partial charge is 0.338 e. The fourth-order valence-corrected chi connectivity index (χ4v) is 54.3. The van der Waals surface area contributed by atoms with Crippen LogP contribution in [0.4, 0.5) is 0 Å². The van der Waals surface area contributed by atoms with Crippen LogP contribution < -0.4 is 0 Å². The number of rotatable bonds is 59. The van der Waals surface area contributed by atoms with Crippen LogP contribution in [0.25, 0.3) is 0 Å². The van der Waals surface area contributed by atoms with E-state index in [1.165, 1.54) is 11.9 Å². The number of ether oxygens (including phenoxy) is 7. The van der Waals surface area contributed by atoms with Crippen LogP contribution in [0.3, 0.4) is 0 Å². The van der Waals surface area contributed by atoms with Gasteiger partial charge in [0, 0.05) is 0 Å². The number of allylic oxidation sites excluding steroid dienone is 2. The lowest BCUT2D eigenvalue weighted by Gasteiger charge is -2.71. The monoisotopic (exact) mass is 2200 g/mol. The molecular weight excluding hydrogens is 2000 g/mol. The van der Waals surface area contributed by atoms with E-state index in [4.69, 9.17) is 73.0 Å². The van der Waals surface area contributed by atoms with Crippen LogP contribution in [0.2, 0.25) is 163 Å². The molecule has 0 spiro atoms. The molecule has 24 atom stereocenters. The Labute approximate surface area is 865 Å². The molecule has 0 aromatic heterocycles. The van der Waals surface area contributed by atoms with Crippen LogP contribution in [-0.4, -0.2) is 214 Å². The van der Waals surface area contributed by atoms with Crippen molar-refractivity contribution in [1.29, 1.82) is 0 Å². The second kappa shape index (κ2) is 52.1. The van der Waals surface area contributed by atoms with Crippen LogP contribution in [-0.2, 0) is 94.0 Å². The molecule has 3 heterocycles. The van der Waals surface area contributed by atoms with E-state index in [1.807, 2.05) is 30.3 Å². The highest BCUT2D eigenvalue weighted by molar-refractivity contribution is 14.1. The average molecular weight is 2200 g/mol. The van der Waals surface area contributed by atoms with Gasteiger partial charge in [-0.15, -0.1) is 0 Å². The lowest BCUT2D eigenvalue weighted by molar-refractivity contribution is -0.387. The molecule has 138 heavy (non-hydrogen) atoms. The molecule has 30 heteroatoms. The zero-order valence-corrected chi connectivity index (χ0v) is 105. The minimum atomic E-state index is -3.00. The summed E-state index contributed by atoms with van der Waals surface area (Å²) in [5, 5.41) is 12.2. The average Bonchev–Trinajstić information content (AvgIpc) is 0.670. The minimum Gasteiger partial charge on any atom is -0.481 e. The molecule has 1 aromatic carbocycles. The molecule has 4 aliphatic carbocycles. The molecule has 8 rings (SSSR count). The van der Waals surface area contributed by atoms with Gasteiger partial charge in [-0.25, -0.2) is 4.79 Å². The van der Waals surface area contributed by atoms with Gasteiger partial charge in [-0.3, -0.25) is 4.79 Å². The normalized spacial score (nSPS) is 32.8. The van der Waals surface area contributed by atoms with Crippen molar-refractivity contribution in [3.8, 4) is 0 Å². The summed E-state index contributed by atoms with van der Waals surface area (Å²) in [7, 11) is -23.8. The van der Waals surface area contributed by atoms with E-state index in [1.54, 1.807) is 0 Å². The molecule has 800 valence electrons. The van der Waals surface area contributed by atoms with Crippen LogP contribution in [0.5, 0.6) is 0 Å². The summed E-state index contributed by atoms with van der Waals surface area (Å²) in [4.78, 5) is 47.7. The molecule has 3 saturated heterocycles. The lowest BCUT2D eigenvalue weighted by Crippen LogP contribution is -2.72. The van der Waals surface area contributed by atoms with Gasteiger partial charge < -0.3 is 82.9 Å². The topological polar surface area (TPSA) is 219 Å². The van der Waals surface area contributed by atoms with Crippen LogP contribution >= 0.6 is 22.6 Å². The summed E-state index contributed by atoms with van der Waals surface area (Å²) in [6.07, 6.45) is -6.88. The van der Waals surface area contributed by atoms with Crippen LogP contribution in [0, 0.1) is 44.3 Å². The molecule has 0 amide bonds. The van der Waals surface area contributed by atoms with Gasteiger partial charge in [0.2, 0.25) is 0 Å². The molecule has 0 bridgehead atoms. The van der Waals surface area contributed by atoms with E-state index in [9.17, 15) is 9.90 Å². The van der Waals surface area contributed by atoms with Crippen molar-refractivity contribution in [2.45, 2.75) is 559 Å². The molecule has 3 saturated carbocycles. The maximum absolute atomic E-state index is 16.9.